The summed E-state index contributed by atoms with van der Waals surface area (Å²) < 4.78 is 17.7. The van der Waals surface area contributed by atoms with Gasteiger partial charge >= 0.3 is 11.9 Å². The summed E-state index contributed by atoms with van der Waals surface area (Å²) in [6, 6.07) is 15.1. The largest absolute Gasteiger partial charge is 0.488 e. The van der Waals surface area contributed by atoms with Gasteiger partial charge in [-0.2, -0.15) is 0 Å². The van der Waals surface area contributed by atoms with Gasteiger partial charge in [0.1, 0.15) is 17.9 Å². The van der Waals surface area contributed by atoms with Crippen LogP contribution in [-0.4, -0.2) is 17.7 Å². The minimum absolute atomic E-state index is 0.172. The van der Waals surface area contributed by atoms with Crippen LogP contribution >= 0.6 is 15.9 Å². The average molecular weight is 459 g/mol. The molecule has 1 aliphatic heterocycles. The minimum Gasteiger partial charge on any atom is -0.488 e. The Morgan fingerprint density at radius 1 is 1.03 bits per heavy atom. The van der Waals surface area contributed by atoms with Crippen molar-refractivity contribution in [2.45, 2.75) is 40.1 Å². The third-order valence-electron chi connectivity index (χ3n) is 4.89. The molecule has 2 aromatic rings. The monoisotopic (exact) mass is 458 g/mol. The molecule has 0 unspecified atom stereocenters. The van der Waals surface area contributed by atoms with E-state index in [1.165, 1.54) is 6.08 Å². The lowest BCUT2D eigenvalue weighted by Gasteiger charge is -2.42. The topological polar surface area (TPSA) is 61.8 Å². The fraction of sp³-hybridized carbons (Fsp3) is 0.304. The Labute approximate surface area is 178 Å². The normalized spacial score (nSPS) is 19.4. The Kier molecular flexibility index (Phi) is 5.85. The lowest BCUT2D eigenvalue weighted by Crippen LogP contribution is -2.52. The summed E-state index contributed by atoms with van der Waals surface area (Å²) in [5.74, 6) is -2.22. The molecule has 29 heavy (non-hydrogen) atoms. The Morgan fingerprint density at radius 3 is 2.24 bits per heavy atom. The molecule has 152 valence electrons. The molecule has 0 aliphatic carbocycles. The van der Waals surface area contributed by atoms with E-state index in [0.29, 0.717) is 17.9 Å². The van der Waals surface area contributed by atoms with E-state index in [9.17, 15) is 9.59 Å². The van der Waals surface area contributed by atoms with Gasteiger partial charge in [-0.05, 0) is 29.8 Å². The van der Waals surface area contributed by atoms with Crippen molar-refractivity contribution in [1.29, 1.82) is 0 Å². The Morgan fingerprint density at radius 2 is 1.66 bits per heavy atom. The van der Waals surface area contributed by atoms with E-state index in [1.807, 2.05) is 57.2 Å². The molecule has 1 heterocycles. The number of rotatable bonds is 4. The number of cyclic esters (lactones) is 2. The lowest BCUT2D eigenvalue weighted by atomic mass is 9.85. The lowest BCUT2D eigenvalue weighted by molar-refractivity contribution is -0.261. The summed E-state index contributed by atoms with van der Waals surface area (Å²) in [6.45, 7) is 7.47. The molecule has 6 heteroatoms. The van der Waals surface area contributed by atoms with Gasteiger partial charge in [0.15, 0.2) is 0 Å². The van der Waals surface area contributed by atoms with Crippen LogP contribution in [0, 0.1) is 5.41 Å². The number of carbonyl (C=O) groups is 2. The summed E-state index contributed by atoms with van der Waals surface area (Å²) >= 11 is 3.41. The van der Waals surface area contributed by atoms with Gasteiger partial charge in [0.25, 0.3) is 5.79 Å². The van der Waals surface area contributed by atoms with Crippen molar-refractivity contribution in [3.63, 3.8) is 0 Å². The molecule has 1 fully saturated rings. The number of hydrogen-bond donors (Lipinski definition) is 0. The number of esters is 2. The standard InChI is InChI=1S/C23H23BrO5/c1-22(2,3)23(4)28-20(25)18(21(26)29-23)13-16-12-17(24)10-11-19(16)27-14-15-8-6-5-7-9-15/h5-13H,14H2,1-4H3. The summed E-state index contributed by atoms with van der Waals surface area (Å²) in [5.41, 5.74) is 0.836. The summed E-state index contributed by atoms with van der Waals surface area (Å²) in [7, 11) is 0. The SMILES string of the molecule is CC(C)(C)C1(C)OC(=O)C(=Cc2cc(Br)ccc2OCc2ccccc2)C(=O)O1. The molecular formula is C23H23BrO5. The second-order valence-corrected chi connectivity index (χ2v) is 8.90. The van der Waals surface area contributed by atoms with Crippen molar-refractivity contribution in [3.8, 4) is 5.75 Å². The van der Waals surface area contributed by atoms with Gasteiger partial charge in [-0.25, -0.2) is 9.59 Å². The fourth-order valence-corrected chi connectivity index (χ4v) is 3.03. The van der Waals surface area contributed by atoms with Crippen molar-refractivity contribution >= 4 is 33.9 Å². The zero-order valence-electron chi connectivity index (χ0n) is 16.8. The molecule has 0 spiro atoms. The summed E-state index contributed by atoms with van der Waals surface area (Å²) in [6.07, 6.45) is 1.44. The Balaban J connectivity index is 1.89. The minimum atomic E-state index is -1.33. The molecule has 0 aromatic heterocycles. The van der Waals surface area contributed by atoms with Crippen LogP contribution in [0.5, 0.6) is 5.75 Å². The summed E-state index contributed by atoms with van der Waals surface area (Å²) in [4.78, 5) is 25.2. The number of hydrogen-bond acceptors (Lipinski definition) is 5. The van der Waals surface area contributed by atoms with Gasteiger partial charge in [-0.1, -0.05) is 67.0 Å². The van der Waals surface area contributed by atoms with Gasteiger partial charge in [-0.15, -0.1) is 0 Å². The molecule has 0 atom stereocenters. The second kappa shape index (κ2) is 8.03. The quantitative estimate of drug-likeness (QED) is 0.354. The highest BCUT2D eigenvalue weighted by atomic mass is 79.9. The molecule has 0 radical (unpaired) electrons. The Bertz CT molecular complexity index is 937. The first-order chi connectivity index (χ1) is 13.6. The highest BCUT2D eigenvalue weighted by Gasteiger charge is 2.50. The van der Waals surface area contributed by atoms with Crippen LogP contribution in [0.3, 0.4) is 0 Å². The van der Waals surface area contributed by atoms with E-state index in [4.69, 9.17) is 14.2 Å². The van der Waals surface area contributed by atoms with Crippen molar-refractivity contribution in [2.75, 3.05) is 0 Å². The zero-order chi connectivity index (χ0) is 21.2. The first-order valence-corrected chi connectivity index (χ1v) is 10.0. The van der Waals surface area contributed by atoms with Crippen LogP contribution in [-0.2, 0) is 25.7 Å². The highest BCUT2D eigenvalue weighted by Crippen LogP contribution is 2.39. The maximum Gasteiger partial charge on any atom is 0.348 e. The van der Waals surface area contributed by atoms with Crippen LogP contribution in [0.1, 0.15) is 38.8 Å². The maximum absolute atomic E-state index is 12.6. The van der Waals surface area contributed by atoms with Crippen molar-refractivity contribution in [2.24, 2.45) is 5.41 Å². The zero-order valence-corrected chi connectivity index (χ0v) is 18.4. The molecule has 0 saturated carbocycles. The smallest absolute Gasteiger partial charge is 0.348 e. The van der Waals surface area contributed by atoms with E-state index in [2.05, 4.69) is 15.9 Å². The molecule has 2 aromatic carbocycles. The molecular weight excluding hydrogens is 436 g/mol. The van der Waals surface area contributed by atoms with E-state index in [-0.39, 0.29) is 5.57 Å². The maximum atomic E-state index is 12.6. The molecule has 0 N–H and O–H groups in total. The van der Waals surface area contributed by atoms with E-state index in [0.717, 1.165) is 10.0 Å². The van der Waals surface area contributed by atoms with Gasteiger partial charge in [0.2, 0.25) is 0 Å². The van der Waals surface area contributed by atoms with Gasteiger partial charge in [0, 0.05) is 22.4 Å². The highest BCUT2D eigenvalue weighted by molar-refractivity contribution is 9.10. The average Bonchev–Trinajstić information content (AvgIpc) is 2.64. The third-order valence-corrected chi connectivity index (χ3v) is 5.38. The molecule has 3 rings (SSSR count). The molecule has 1 aliphatic rings. The summed E-state index contributed by atoms with van der Waals surface area (Å²) in [5, 5.41) is 0. The number of carbonyl (C=O) groups excluding carboxylic acids is 2. The van der Waals surface area contributed by atoms with Crippen LogP contribution in [0.2, 0.25) is 0 Å². The van der Waals surface area contributed by atoms with Crippen molar-refractivity contribution in [3.05, 3.63) is 69.7 Å². The van der Waals surface area contributed by atoms with Crippen molar-refractivity contribution < 1.29 is 23.8 Å². The van der Waals surface area contributed by atoms with Gasteiger partial charge in [-0.3, -0.25) is 0 Å². The number of benzene rings is 2. The molecule has 0 bridgehead atoms. The number of halogens is 1. The first-order valence-electron chi connectivity index (χ1n) is 9.24. The van der Waals surface area contributed by atoms with Crippen LogP contribution in [0.15, 0.2) is 58.6 Å². The number of ether oxygens (including phenoxy) is 3. The van der Waals surface area contributed by atoms with Crippen LogP contribution in [0.4, 0.5) is 0 Å². The van der Waals surface area contributed by atoms with E-state index >= 15 is 0 Å². The molecule has 1 saturated heterocycles. The van der Waals surface area contributed by atoms with Gasteiger partial charge in [0.05, 0.1) is 0 Å². The molecule has 0 amide bonds. The predicted octanol–water partition coefficient (Wildman–Crippen LogP) is 5.27. The van der Waals surface area contributed by atoms with Crippen LogP contribution in [0.25, 0.3) is 6.08 Å². The molecule has 5 nitrogen and oxygen atoms in total. The van der Waals surface area contributed by atoms with Crippen LogP contribution < -0.4 is 4.74 Å². The predicted molar refractivity (Wildman–Crippen MR) is 113 cm³/mol. The fourth-order valence-electron chi connectivity index (χ4n) is 2.65. The van der Waals surface area contributed by atoms with E-state index in [1.54, 1.807) is 19.1 Å². The first kappa shape index (κ1) is 21.1. The Hall–Kier alpha value is -2.60. The van der Waals surface area contributed by atoms with Crippen molar-refractivity contribution in [1.82, 2.24) is 0 Å². The van der Waals surface area contributed by atoms with E-state index < -0.39 is 23.1 Å². The third kappa shape index (κ3) is 4.70. The second-order valence-electron chi connectivity index (χ2n) is 7.99. The van der Waals surface area contributed by atoms with Gasteiger partial charge < -0.3 is 14.2 Å².